The topological polar surface area (TPSA) is 58.6 Å². The van der Waals surface area contributed by atoms with E-state index in [1.54, 1.807) is 54.6 Å². The van der Waals surface area contributed by atoms with Crippen molar-refractivity contribution in [3.8, 4) is 5.75 Å². The third-order valence-electron chi connectivity index (χ3n) is 4.53. The van der Waals surface area contributed by atoms with Crippen molar-refractivity contribution in [3.63, 3.8) is 0 Å². The van der Waals surface area contributed by atoms with Gasteiger partial charge in [-0.25, -0.2) is 4.39 Å². The molecule has 1 aliphatic rings. The number of nitrogens with zero attached hydrogens (tertiary/aromatic N) is 1. The summed E-state index contributed by atoms with van der Waals surface area (Å²) in [6.45, 7) is -0.0455. The molecule has 4 rings (SSSR count). The van der Waals surface area contributed by atoms with Crippen LogP contribution in [-0.4, -0.2) is 18.4 Å². The molecule has 3 aromatic rings. The van der Waals surface area contributed by atoms with Crippen LogP contribution in [0, 0.1) is 5.82 Å². The summed E-state index contributed by atoms with van der Waals surface area (Å²) in [5.74, 6) is -0.438. The second kappa shape index (κ2) is 8.05. The molecular formula is C22H16BrFN2O3. The maximum atomic E-state index is 14.0. The molecule has 0 bridgehead atoms. The van der Waals surface area contributed by atoms with E-state index in [0.29, 0.717) is 28.3 Å². The van der Waals surface area contributed by atoms with Crippen LogP contribution in [0.15, 0.2) is 71.2 Å². The van der Waals surface area contributed by atoms with Gasteiger partial charge in [-0.3, -0.25) is 9.59 Å². The fourth-order valence-electron chi connectivity index (χ4n) is 3.09. The van der Waals surface area contributed by atoms with E-state index in [4.69, 9.17) is 4.74 Å². The molecule has 0 saturated heterocycles. The molecule has 0 spiro atoms. The lowest BCUT2D eigenvalue weighted by molar-refractivity contribution is -0.121. The highest BCUT2D eigenvalue weighted by Gasteiger charge is 2.26. The maximum Gasteiger partial charge on any atom is 0.265 e. The number of hydrogen-bond donors (Lipinski definition) is 1. The van der Waals surface area contributed by atoms with E-state index in [1.165, 1.54) is 11.0 Å². The van der Waals surface area contributed by atoms with Crippen LogP contribution in [0.2, 0.25) is 0 Å². The third-order valence-corrected chi connectivity index (χ3v) is 5.03. The highest BCUT2D eigenvalue weighted by atomic mass is 79.9. The Kier molecular flexibility index (Phi) is 5.31. The minimum absolute atomic E-state index is 0.103. The van der Waals surface area contributed by atoms with Gasteiger partial charge in [-0.15, -0.1) is 0 Å². The van der Waals surface area contributed by atoms with E-state index >= 15 is 0 Å². The molecular weight excluding hydrogens is 439 g/mol. The number of carbonyl (C=O) groups is 2. The van der Waals surface area contributed by atoms with Crippen LogP contribution in [0.25, 0.3) is 0 Å². The molecule has 1 aliphatic heterocycles. The van der Waals surface area contributed by atoms with E-state index in [2.05, 4.69) is 21.2 Å². The van der Waals surface area contributed by atoms with Gasteiger partial charge in [0.25, 0.3) is 11.8 Å². The summed E-state index contributed by atoms with van der Waals surface area (Å²) in [6.07, 6.45) is 0. The van der Waals surface area contributed by atoms with Gasteiger partial charge in [0.2, 0.25) is 0 Å². The molecule has 1 N–H and O–H groups in total. The molecule has 3 aromatic carbocycles. The smallest absolute Gasteiger partial charge is 0.265 e. The van der Waals surface area contributed by atoms with E-state index in [1.807, 2.05) is 6.07 Å². The molecule has 0 fully saturated rings. The SMILES string of the molecule is O=C(Nc1ccc2c(c1)OCC(=O)N2Cc1ccccc1F)c1cccc(Br)c1. The van der Waals surface area contributed by atoms with E-state index in [-0.39, 0.29) is 30.8 Å². The first-order chi connectivity index (χ1) is 14.0. The van der Waals surface area contributed by atoms with Crippen LogP contribution >= 0.6 is 15.9 Å². The summed E-state index contributed by atoms with van der Waals surface area (Å²) in [5, 5.41) is 2.82. The predicted molar refractivity (Wildman–Crippen MR) is 112 cm³/mol. The van der Waals surface area contributed by atoms with Crippen molar-refractivity contribution in [1.82, 2.24) is 0 Å². The molecule has 0 aromatic heterocycles. The number of nitrogens with one attached hydrogen (secondary N) is 1. The molecule has 5 nitrogen and oxygen atoms in total. The summed E-state index contributed by atoms with van der Waals surface area (Å²) in [4.78, 5) is 26.3. The number of amides is 2. The number of hydrogen-bond acceptors (Lipinski definition) is 3. The van der Waals surface area contributed by atoms with Gasteiger partial charge in [0.05, 0.1) is 12.2 Å². The third kappa shape index (κ3) is 4.14. The van der Waals surface area contributed by atoms with Crippen LogP contribution in [0.3, 0.4) is 0 Å². The van der Waals surface area contributed by atoms with Gasteiger partial charge in [-0.05, 0) is 36.4 Å². The van der Waals surface area contributed by atoms with Crippen LogP contribution in [-0.2, 0) is 11.3 Å². The Bertz CT molecular complexity index is 1100. The van der Waals surface area contributed by atoms with Gasteiger partial charge >= 0.3 is 0 Å². The van der Waals surface area contributed by atoms with Crippen molar-refractivity contribution in [2.75, 3.05) is 16.8 Å². The molecule has 0 saturated carbocycles. The van der Waals surface area contributed by atoms with E-state index < -0.39 is 0 Å². The van der Waals surface area contributed by atoms with Gasteiger partial charge in [-0.2, -0.15) is 0 Å². The van der Waals surface area contributed by atoms with Crippen molar-refractivity contribution < 1.29 is 18.7 Å². The Morgan fingerprint density at radius 1 is 1.10 bits per heavy atom. The lowest BCUT2D eigenvalue weighted by atomic mass is 10.1. The van der Waals surface area contributed by atoms with Crippen molar-refractivity contribution in [3.05, 3.63) is 88.1 Å². The van der Waals surface area contributed by atoms with E-state index in [9.17, 15) is 14.0 Å². The molecule has 0 unspecified atom stereocenters. The zero-order valence-electron chi connectivity index (χ0n) is 15.2. The zero-order chi connectivity index (χ0) is 20.4. The summed E-state index contributed by atoms with van der Waals surface area (Å²) in [7, 11) is 0. The minimum atomic E-state index is -0.369. The highest BCUT2D eigenvalue weighted by Crippen LogP contribution is 2.35. The van der Waals surface area contributed by atoms with E-state index in [0.717, 1.165) is 4.47 Å². The fourth-order valence-corrected chi connectivity index (χ4v) is 3.48. The average Bonchev–Trinajstić information content (AvgIpc) is 2.71. The number of carbonyl (C=O) groups excluding carboxylic acids is 2. The Morgan fingerprint density at radius 2 is 1.93 bits per heavy atom. The lowest BCUT2D eigenvalue weighted by Gasteiger charge is -2.30. The molecule has 2 amide bonds. The van der Waals surface area contributed by atoms with Gasteiger partial charge in [0.15, 0.2) is 6.61 Å². The quantitative estimate of drug-likeness (QED) is 0.617. The molecule has 1 heterocycles. The van der Waals surface area contributed by atoms with Crippen LogP contribution in [0.5, 0.6) is 5.75 Å². The molecule has 29 heavy (non-hydrogen) atoms. The second-order valence-corrected chi connectivity index (χ2v) is 7.42. The Morgan fingerprint density at radius 3 is 2.72 bits per heavy atom. The summed E-state index contributed by atoms with van der Waals surface area (Å²) >= 11 is 3.35. The number of benzene rings is 3. The van der Waals surface area contributed by atoms with Gasteiger partial charge in [0.1, 0.15) is 11.6 Å². The normalized spacial score (nSPS) is 12.9. The van der Waals surface area contributed by atoms with Gasteiger partial charge in [-0.1, -0.05) is 40.2 Å². The number of anilines is 2. The zero-order valence-corrected chi connectivity index (χ0v) is 16.8. The average molecular weight is 455 g/mol. The number of ether oxygens (including phenoxy) is 1. The molecule has 0 radical (unpaired) electrons. The van der Waals surface area contributed by atoms with Crippen molar-refractivity contribution in [2.24, 2.45) is 0 Å². The fraction of sp³-hybridized carbons (Fsp3) is 0.0909. The molecule has 0 aliphatic carbocycles. The molecule has 0 atom stereocenters. The molecule has 146 valence electrons. The number of fused-ring (bicyclic) bond motifs is 1. The lowest BCUT2D eigenvalue weighted by Crippen LogP contribution is -2.38. The first-order valence-corrected chi connectivity index (χ1v) is 9.68. The Labute approximate surface area is 175 Å². The highest BCUT2D eigenvalue weighted by molar-refractivity contribution is 9.10. The summed E-state index contributed by atoms with van der Waals surface area (Å²) in [6, 6.07) is 18.4. The largest absolute Gasteiger partial charge is 0.481 e. The number of halogens is 2. The second-order valence-electron chi connectivity index (χ2n) is 6.51. The first-order valence-electron chi connectivity index (χ1n) is 8.89. The monoisotopic (exact) mass is 454 g/mol. The molecule has 7 heteroatoms. The Hall–Kier alpha value is -3.19. The predicted octanol–water partition coefficient (Wildman–Crippen LogP) is 4.77. The van der Waals surface area contributed by atoms with Gasteiger partial charge in [0, 0.05) is 27.4 Å². The number of rotatable bonds is 4. The standard InChI is InChI=1S/C22H16BrFN2O3/c23-16-6-3-5-14(10-16)22(28)25-17-8-9-19-20(11-17)29-13-21(27)26(19)12-15-4-1-2-7-18(15)24/h1-11H,12-13H2,(H,25,28). The van der Waals surface area contributed by atoms with Crippen LogP contribution in [0.1, 0.15) is 15.9 Å². The first kappa shape index (κ1) is 19.1. The Balaban J connectivity index is 1.57. The van der Waals surface area contributed by atoms with Crippen LogP contribution < -0.4 is 15.0 Å². The maximum absolute atomic E-state index is 14.0. The summed E-state index contributed by atoms with van der Waals surface area (Å²) < 4.78 is 20.4. The van der Waals surface area contributed by atoms with Crippen LogP contribution in [0.4, 0.5) is 15.8 Å². The van der Waals surface area contributed by atoms with Crippen molar-refractivity contribution >= 4 is 39.1 Å². The van der Waals surface area contributed by atoms with Crippen molar-refractivity contribution in [1.29, 1.82) is 0 Å². The minimum Gasteiger partial charge on any atom is -0.481 e. The van der Waals surface area contributed by atoms with Crippen molar-refractivity contribution in [2.45, 2.75) is 6.54 Å². The summed E-state index contributed by atoms with van der Waals surface area (Å²) in [5.41, 5.74) is 1.99. The van der Waals surface area contributed by atoms with Gasteiger partial charge < -0.3 is 15.0 Å².